The van der Waals surface area contributed by atoms with Crippen molar-refractivity contribution in [3.8, 4) is 0 Å². The van der Waals surface area contributed by atoms with Gasteiger partial charge in [0, 0.05) is 17.8 Å². The molecule has 0 aliphatic heterocycles. The molecule has 0 radical (unpaired) electrons. The van der Waals surface area contributed by atoms with Gasteiger partial charge in [-0.3, -0.25) is 0 Å². The van der Waals surface area contributed by atoms with Crippen molar-refractivity contribution in [3.05, 3.63) is 41.5 Å². The highest BCUT2D eigenvalue weighted by molar-refractivity contribution is 5.89. The Bertz CT molecular complexity index is 505. The van der Waals surface area contributed by atoms with Crippen molar-refractivity contribution in [1.29, 1.82) is 0 Å². The van der Waals surface area contributed by atoms with Gasteiger partial charge in [-0.15, -0.1) is 0 Å². The summed E-state index contributed by atoms with van der Waals surface area (Å²) in [5, 5.41) is 5.92. The first-order valence-corrected chi connectivity index (χ1v) is 7.61. The molecular weight excluding hydrogens is 262 g/mol. The lowest BCUT2D eigenvalue weighted by atomic mass is 9.96. The van der Waals surface area contributed by atoms with Crippen LogP contribution in [0, 0.1) is 13.8 Å². The summed E-state index contributed by atoms with van der Waals surface area (Å²) < 4.78 is 0. The average molecular weight is 287 g/mol. The van der Waals surface area contributed by atoms with E-state index >= 15 is 0 Å². The summed E-state index contributed by atoms with van der Waals surface area (Å²) in [5.74, 6) is 0. The standard InChI is InChI=1S/C17H25N3O/c1-12-9-13(2)11-14(10-12)19-17(21)20-16-8-6-4-3-5-7-15(16)18/h3-4,9-11,15-16H,5-8,18H2,1-2H3,(H2,19,20,21)/b4-3+/t15-,16+/m0/s1. The molecule has 0 fully saturated rings. The van der Waals surface area contributed by atoms with Gasteiger partial charge in [0.05, 0.1) is 0 Å². The number of carbonyl (C=O) groups is 1. The maximum absolute atomic E-state index is 12.2. The van der Waals surface area contributed by atoms with Crippen molar-refractivity contribution in [2.45, 2.75) is 51.6 Å². The van der Waals surface area contributed by atoms with Gasteiger partial charge in [-0.1, -0.05) is 18.2 Å². The third-order valence-electron chi connectivity index (χ3n) is 3.79. The number of carbonyl (C=O) groups excluding carboxylic acids is 1. The van der Waals surface area contributed by atoms with Crippen LogP contribution < -0.4 is 16.4 Å². The Morgan fingerprint density at radius 2 is 1.71 bits per heavy atom. The van der Waals surface area contributed by atoms with Crippen LogP contribution in [0.5, 0.6) is 0 Å². The van der Waals surface area contributed by atoms with E-state index in [1.54, 1.807) is 0 Å². The van der Waals surface area contributed by atoms with Crippen LogP contribution >= 0.6 is 0 Å². The molecule has 2 amide bonds. The number of urea groups is 1. The molecule has 1 aromatic rings. The molecule has 0 heterocycles. The summed E-state index contributed by atoms with van der Waals surface area (Å²) in [6.45, 7) is 4.04. The predicted octanol–water partition coefficient (Wildman–Crippen LogP) is 3.25. The number of anilines is 1. The van der Waals surface area contributed by atoms with E-state index < -0.39 is 0 Å². The third-order valence-corrected chi connectivity index (χ3v) is 3.79. The summed E-state index contributed by atoms with van der Waals surface area (Å²) in [7, 11) is 0. The van der Waals surface area contributed by atoms with Crippen molar-refractivity contribution >= 4 is 11.7 Å². The van der Waals surface area contributed by atoms with Crippen LogP contribution in [0.3, 0.4) is 0 Å². The highest BCUT2D eigenvalue weighted by Gasteiger charge is 2.20. The minimum absolute atomic E-state index is 0.0138. The summed E-state index contributed by atoms with van der Waals surface area (Å²) in [5.41, 5.74) is 9.26. The lowest BCUT2D eigenvalue weighted by Gasteiger charge is -2.26. The molecule has 114 valence electrons. The number of benzene rings is 1. The van der Waals surface area contributed by atoms with E-state index in [0.717, 1.165) is 42.5 Å². The summed E-state index contributed by atoms with van der Waals surface area (Å²) in [4.78, 5) is 12.2. The van der Waals surface area contributed by atoms with Gasteiger partial charge in [0.2, 0.25) is 0 Å². The van der Waals surface area contributed by atoms with Crippen molar-refractivity contribution < 1.29 is 4.79 Å². The number of hydrogen-bond donors (Lipinski definition) is 3. The van der Waals surface area contributed by atoms with Gasteiger partial charge >= 0.3 is 6.03 Å². The zero-order valence-corrected chi connectivity index (χ0v) is 12.9. The van der Waals surface area contributed by atoms with Gasteiger partial charge in [0.1, 0.15) is 0 Å². The molecule has 21 heavy (non-hydrogen) atoms. The number of hydrogen-bond acceptors (Lipinski definition) is 2. The molecule has 0 spiro atoms. The monoisotopic (exact) mass is 287 g/mol. The molecule has 4 nitrogen and oxygen atoms in total. The lowest BCUT2D eigenvalue weighted by molar-refractivity contribution is 0.244. The number of allylic oxidation sites excluding steroid dienone is 2. The first-order chi connectivity index (χ1) is 10.0. The van der Waals surface area contributed by atoms with E-state index in [1.807, 2.05) is 26.0 Å². The average Bonchev–Trinajstić information content (AvgIpc) is 2.37. The maximum Gasteiger partial charge on any atom is 0.319 e. The Balaban J connectivity index is 1.95. The Labute approximate surface area is 126 Å². The minimum atomic E-state index is -0.176. The van der Waals surface area contributed by atoms with Crippen LogP contribution in [0.1, 0.15) is 36.8 Å². The topological polar surface area (TPSA) is 67.2 Å². The summed E-state index contributed by atoms with van der Waals surface area (Å²) in [6, 6.07) is 5.88. The summed E-state index contributed by atoms with van der Waals surface area (Å²) in [6.07, 6.45) is 8.08. The zero-order valence-electron chi connectivity index (χ0n) is 12.9. The van der Waals surface area contributed by atoms with E-state index in [0.29, 0.717) is 0 Å². The van der Waals surface area contributed by atoms with Crippen LogP contribution in [0.15, 0.2) is 30.4 Å². The van der Waals surface area contributed by atoms with Gasteiger partial charge < -0.3 is 16.4 Å². The van der Waals surface area contributed by atoms with E-state index in [4.69, 9.17) is 5.73 Å². The molecule has 0 saturated heterocycles. The Hall–Kier alpha value is -1.81. The smallest absolute Gasteiger partial charge is 0.319 e. The number of amides is 2. The molecule has 2 rings (SSSR count). The molecule has 1 aliphatic rings. The molecule has 1 aromatic carbocycles. The maximum atomic E-state index is 12.2. The Morgan fingerprint density at radius 3 is 2.38 bits per heavy atom. The number of aryl methyl sites for hydroxylation is 2. The molecule has 0 unspecified atom stereocenters. The van der Waals surface area contributed by atoms with Crippen molar-refractivity contribution in [2.75, 3.05) is 5.32 Å². The summed E-state index contributed by atoms with van der Waals surface area (Å²) >= 11 is 0. The minimum Gasteiger partial charge on any atom is -0.334 e. The Kier molecular flexibility index (Phi) is 5.39. The number of rotatable bonds is 2. The molecular formula is C17H25N3O. The normalized spacial score (nSPS) is 23.8. The Morgan fingerprint density at radius 1 is 1.10 bits per heavy atom. The van der Waals surface area contributed by atoms with Crippen LogP contribution in [0.2, 0.25) is 0 Å². The molecule has 2 atom stereocenters. The first kappa shape index (κ1) is 15.6. The van der Waals surface area contributed by atoms with Crippen LogP contribution in [0.25, 0.3) is 0 Å². The lowest BCUT2D eigenvalue weighted by Crippen LogP contribution is -2.49. The van der Waals surface area contributed by atoms with E-state index in [-0.39, 0.29) is 18.1 Å². The SMILES string of the molecule is Cc1cc(C)cc(NC(=O)N[C@@H]2CC/C=C/CC[C@@H]2N)c1. The zero-order chi connectivity index (χ0) is 15.2. The van der Waals surface area contributed by atoms with E-state index in [2.05, 4.69) is 28.9 Å². The second-order valence-electron chi connectivity index (χ2n) is 5.87. The van der Waals surface area contributed by atoms with Crippen molar-refractivity contribution in [3.63, 3.8) is 0 Å². The molecule has 0 bridgehead atoms. The van der Waals surface area contributed by atoms with Gasteiger partial charge in [0.15, 0.2) is 0 Å². The van der Waals surface area contributed by atoms with Crippen molar-refractivity contribution in [2.24, 2.45) is 5.73 Å². The number of nitrogens with two attached hydrogens (primary N) is 1. The largest absolute Gasteiger partial charge is 0.334 e. The predicted molar refractivity (Wildman–Crippen MR) is 87.4 cm³/mol. The van der Waals surface area contributed by atoms with Gasteiger partial charge in [0.25, 0.3) is 0 Å². The van der Waals surface area contributed by atoms with Crippen LogP contribution in [0.4, 0.5) is 10.5 Å². The molecule has 0 aromatic heterocycles. The second-order valence-corrected chi connectivity index (χ2v) is 5.87. The van der Waals surface area contributed by atoms with Crippen LogP contribution in [-0.2, 0) is 0 Å². The first-order valence-electron chi connectivity index (χ1n) is 7.61. The molecule has 0 saturated carbocycles. The highest BCUT2D eigenvalue weighted by Crippen LogP contribution is 2.15. The van der Waals surface area contributed by atoms with E-state index in [1.165, 1.54) is 0 Å². The quantitative estimate of drug-likeness (QED) is 0.731. The fraction of sp³-hybridized carbons (Fsp3) is 0.471. The van der Waals surface area contributed by atoms with Crippen LogP contribution in [-0.4, -0.2) is 18.1 Å². The highest BCUT2D eigenvalue weighted by atomic mass is 16.2. The third kappa shape index (κ3) is 4.90. The second kappa shape index (κ2) is 7.27. The van der Waals surface area contributed by atoms with Crippen molar-refractivity contribution in [1.82, 2.24) is 5.32 Å². The fourth-order valence-corrected chi connectivity index (χ4v) is 2.78. The molecule has 4 N–H and O–H groups in total. The van der Waals surface area contributed by atoms with Gasteiger partial charge in [-0.2, -0.15) is 0 Å². The van der Waals surface area contributed by atoms with Gasteiger partial charge in [-0.05, 0) is 62.8 Å². The number of nitrogens with one attached hydrogen (secondary N) is 2. The van der Waals surface area contributed by atoms with E-state index in [9.17, 15) is 4.79 Å². The van der Waals surface area contributed by atoms with Gasteiger partial charge in [-0.25, -0.2) is 4.79 Å². The fourth-order valence-electron chi connectivity index (χ4n) is 2.78. The molecule has 1 aliphatic carbocycles. The molecule has 4 heteroatoms.